The Labute approximate surface area is 162 Å². The molecule has 7 heteroatoms. The molecular formula is C20H17ClFNO3S. The molecule has 0 fully saturated rings. The summed E-state index contributed by atoms with van der Waals surface area (Å²) >= 11 is 6.06. The molecular weight excluding hydrogens is 389 g/mol. The maximum atomic E-state index is 13.2. The molecule has 0 radical (unpaired) electrons. The van der Waals surface area contributed by atoms with Gasteiger partial charge in [0.2, 0.25) is 0 Å². The van der Waals surface area contributed by atoms with E-state index in [1.807, 2.05) is 0 Å². The predicted molar refractivity (Wildman–Crippen MR) is 104 cm³/mol. The van der Waals surface area contributed by atoms with Crippen LogP contribution in [-0.2, 0) is 16.6 Å². The highest BCUT2D eigenvalue weighted by Crippen LogP contribution is 2.28. The molecule has 0 aliphatic heterocycles. The molecule has 0 saturated carbocycles. The molecule has 0 N–H and O–H groups in total. The minimum atomic E-state index is -3.92. The molecule has 0 aliphatic rings. The van der Waals surface area contributed by atoms with E-state index in [1.165, 1.54) is 16.4 Å². The van der Waals surface area contributed by atoms with Gasteiger partial charge in [-0.25, -0.2) is 12.8 Å². The largest absolute Gasteiger partial charge is 0.497 e. The second-order valence-electron chi connectivity index (χ2n) is 5.79. The summed E-state index contributed by atoms with van der Waals surface area (Å²) in [5.41, 5.74) is 1.18. The zero-order valence-corrected chi connectivity index (χ0v) is 16.0. The van der Waals surface area contributed by atoms with Crippen LogP contribution in [-0.4, -0.2) is 15.5 Å². The van der Waals surface area contributed by atoms with E-state index in [4.69, 9.17) is 16.3 Å². The van der Waals surface area contributed by atoms with Crippen LogP contribution < -0.4 is 9.04 Å². The summed E-state index contributed by atoms with van der Waals surface area (Å²) in [6.45, 7) is 0.0873. The lowest BCUT2D eigenvalue weighted by molar-refractivity contribution is 0.414. The Bertz CT molecular complexity index is 1020. The van der Waals surface area contributed by atoms with Gasteiger partial charge in [0.25, 0.3) is 10.0 Å². The number of hydrogen-bond donors (Lipinski definition) is 0. The first-order chi connectivity index (χ1) is 12.9. The maximum Gasteiger partial charge on any atom is 0.264 e. The molecule has 3 rings (SSSR count). The standard InChI is InChI=1S/C20H17ClFNO3S/c1-26-19-9-5-15(6-10-19)14-23(18-4-2-3-16(21)13-18)27(24,25)20-11-7-17(22)8-12-20/h2-13H,14H2,1H3. The molecule has 140 valence electrons. The molecule has 0 atom stereocenters. The predicted octanol–water partition coefficient (Wildman–Crippen LogP) is 4.88. The van der Waals surface area contributed by atoms with Gasteiger partial charge in [0.15, 0.2) is 0 Å². The van der Waals surface area contributed by atoms with E-state index in [0.717, 1.165) is 17.7 Å². The van der Waals surface area contributed by atoms with Crippen molar-refractivity contribution in [3.05, 3.63) is 89.2 Å². The third-order valence-electron chi connectivity index (χ3n) is 3.98. The van der Waals surface area contributed by atoms with E-state index >= 15 is 0 Å². The van der Waals surface area contributed by atoms with Crippen molar-refractivity contribution >= 4 is 27.3 Å². The molecule has 27 heavy (non-hydrogen) atoms. The summed E-state index contributed by atoms with van der Waals surface area (Å²) in [5.74, 6) is 0.174. The van der Waals surface area contributed by atoms with Gasteiger partial charge in [-0.1, -0.05) is 29.8 Å². The molecule has 4 nitrogen and oxygen atoms in total. The van der Waals surface area contributed by atoms with Gasteiger partial charge in [-0.15, -0.1) is 0 Å². The molecule has 0 unspecified atom stereocenters. The third-order valence-corrected chi connectivity index (χ3v) is 6.01. The molecule has 0 spiro atoms. The van der Waals surface area contributed by atoms with E-state index in [0.29, 0.717) is 16.5 Å². The highest BCUT2D eigenvalue weighted by molar-refractivity contribution is 7.92. The summed E-state index contributed by atoms with van der Waals surface area (Å²) < 4.78 is 46.1. The quantitative estimate of drug-likeness (QED) is 0.587. The number of ether oxygens (including phenoxy) is 1. The molecule has 3 aromatic rings. The highest BCUT2D eigenvalue weighted by atomic mass is 35.5. The Morgan fingerprint density at radius 1 is 1.00 bits per heavy atom. The lowest BCUT2D eigenvalue weighted by atomic mass is 10.2. The molecule has 0 bridgehead atoms. The van der Waals surface area contributed by atoms with Gasteiger partial charge in [-0.05, 0) is 60.2 Å². The summed E-state index contributed by atoms with van der Waals surface area (Å²) in [5, 5.41) is 0.418. The zero-order valence-electron chi connectivity index (χ0n) is 14.5. The van der Waals surface area contributed by atoms with Gasteiger partial charge < -0.3 is 4.74 Å². The second-order valence-corrected chi connectivity index (χ2v) is 8.09. The fourth-order valence-electron chi connectivity index (χ4n) is 2.58. The average molecular weight is 406 g/mol. The van der Waals surface area contributed by atoms with E-state index < -0.39 is 15.8 Å². The van der Waals surface area contributed by atoms with Crippen LogP contribution in [0.5, 0.6) is 5.75 Å². The molecule has 0 amide bonds. The minimum absolute atomic E-state index is 0.00242. The normalized spacial score (nSPS) is 11.2. The number of sulfonamides is 1. The van der Waals surface area contributed by atoms with E-state index in [9.17, 15) is 12.8 Å². The Kier molecular flexibility index (Phi) is 5.68. The monoisotopic (exact) mass is 405 g/mol. The molecule has 0 aromatic heterocycles. The van der Waals surface area contributed by atoms with Gasteiger partial charge in [-0.3, -0.25) is 4.31 Å². The van der Waals surface area contributed by atoms with Crippen LogP contribution in [0.1, 0.15) is 5.56 Å². The van der Waals surface area contributed by atoms with Crippen molar-refractivity contribution in [1.29, 1.82) is 0 Å². The first-order valence-electron chi connectivity index (χ1n) is 8.07. The lowest BCUT2D eigenvalue weighted by Crippen LogP contribution is -2.30. The van der Waals surface area contributed by atoms with Crippen LogP contribution in [0.4, 0.5) is 10.1 Å². The van der Waals surface area contributed by atoms with Crippen LogP contribution in [0.15, 0.2) is 77.7 Å². The Balaban J connectivity index is 2.04. The zero-order chi connectivity index (χ0) is 19.4. The summed E-state index contributed by atoms with van der Waals surface area (Å²) in [4.78, 5) is -0.00242. The van der Waals surface area contributed by atoms with Gasteiger partial charge in [0.05, 0.1) is 24.2 Å². The van der Waals surface area contributed by atoms with Gasteiger partial charge in [-0.2, -0.15) is 0 Å². The van der Waals surface area contributed by atoms with Crippen molar-refractivity contribution in [2.75, 3.05) is 11.4 Å². The van der Waals surface area contributed by atoms with Crippen molar-refractivity contribution in [1.82, 2.24) is 0 Å². The topological polar surface area (TPSA) is 46.6 Å². The number of rotatable bonds is 6. The van der Waals surface area contributed by atoms with Crippen LogP contribution in [0.3, 0.4) is 0 Å². The number of nitrogens with zero attached hydrogens (tertiary/aromatic N) is 1. The first kappa shape index (κ1) is 19.2. The summed E-state index contributed by atoms with van der Waals surface area (Å²) in [6.07, 6.45) is 0. The Morgan fingerprint density at radius 2 is 1.67 bits per heavy atom. The number of hydrogen-bond acceptors (Lipinski definition) is 3. The van der Waals surface area contributed by atoms with Gasteiger partial charge in [0, 0.05) is 5.02 Å². The van der Waals surface area contributed by atoms with Crippen molar-refractivity contribution in [2.45, 2.75) is 11.4 Å². The SMILES string of the molecule is COc1ccc(CN(c2cccc(Cl)c2)S(=O)(=O)c2ccc(F)cc2)cc1. The smallest absolute Gasteiger partial charge is 0.264 e. The van der Waals surface area contributed by atoms with Crippen LogP contribution >= 0.6 is 11.6 Å². The van der Waals surface area contributed by atoms with Crippen molar-refractivity contribution in [3.8, 4) is 5.75 Å². The number of halogens is 2. The van der Waals surface area contributed by atoms with Crippen LogP contribution in [0, 0.1) is 5.82 Å². The lowest BCUT2D eigenvalue weighted by Gasteiger charge is -2.25. The average Bonchev–Trinajstić information content (AvgIpc) is 2.67. The van der Waals surface area contributed by atoms with Gasteiger partial charge in [0.1, 0.15) is 11.6 Å². The van der Waals surface area contributed by atoms with Crippen molar-refractivity contribution in [3.63, 3.8) is 0 Å². The molecule has 3 aromatic carbocycles. The number of anilines is 1. The summed E-state index contributed by atoms with van der Waals surface area (Å²) in [7, 11) is -2.36. The highest BCUT2D eigenvalue weighted by Gasteiger charge is 2.25. The minimum Gasteiger partial charge on any atom is -0.497 e. The summed E-state index contributed by atoms with van der Waals surface area (Å²) in [6, 6.07) is 18.4. The van der Waals surface area contributed by atoms with Crippen molar-refractivity contribution < 1.29 is 17.5 Å². The molecule has 0 heterocycles. The maximum absolute atomic E-state index is 13.2. The third kappa shape index (κ3) is 4.40. The van der Waals surface area contributed by atoms with E-state index in [-0.39, 0.29) is 11.4 Å². The van der Waals surface area contributed by atoms with Crippen LogP contribution in [0.2, 0.25) is 5.02 Å². The second kappa shape index (κ2) is 7.98. The number of benzene rings is 3. The van der Waals surface area contributed by atoms with E-state index in [1.54, 1.807) is 55.6 Å². The molecule has 0 aliphatic carbocycles. The Hall–Kier alpha value is -2.57. The Morgan fingerprint density at radius 3 is 2.26 bits per heavy atom. The van der Waals surface area contributed by atoms with Crippen LogP contribution in [0.25, 0.3) is 0 Å². The van der Waals surface area contributed by atoms with Crippen molar-refractivity contribution in [2.24, 2.45) is 0 Å². The number of methoxy groups -OCH3 is 1. The fraction of sp³-hybridized carbons (Fsp3) is 0.100. The fourth-order valence-corrected chi connectivity index (χ4v) is 4.21. The van der Waals surface area contributed by atoms with E-state index in [2.05, 4.69) is 0 Å². The first-order valence-corrected chi connectivity index (χ1v) is 9.89. The molecule has 0 saturated heterocycles. The van der Waals surface area contributed by atoms with Gasteiger partial charge >= 0.3 is 0 Å².